The highest BCUT2D eigenvalue weighted by atomic mass is 16.5. The Kier molecular flexibility index (Phi) is 4.99. The molecule has 0 unspecified atom stereocenters. The number of aromatic hydroxyl groups is 1. The number of methoxy groups -OCH3 is 1. The van der Waals surface area contributed by atoms with E-state index in [4.69, 9.17) is 4.74 Å². The monoisotopic (exact) mass is 293 g/mol. The molecule has 1 aromatic carbocycles. The van der Waals surface area contributed by atoms with Gasteiger partial charge in [-0.15, -0.1) is 0 Å². The predicted octanol–water partition coefficient (Wildman–Crippen LogP) is -0.438. The molecule has 1 fully saturated rings. The zero-order chi connectivity index (χ0) is 15.2. The Morgan fingerprint density at radius 3 is 2.76 bits per heavy atom. The molecule has 0 saturated carbocycles. The molecule has 1 aromatic rings. The fraction of sp³-hybridized carbons (Fsp3) is 0.429. The number of hydrogen-bond donors (Lipinski definition) is 3. The first kappa shape index (κ1) is 15.1. The van der Waals surface area contributed by atoms with E-state index in [1.165, 1.54) is 13.2 Å². The van der Waals surface area contributed by atoms with Crippen LogP contribution in [0.25, 0.3) is 0 Å². The van der Waals surface area contributed by atoms with Gasteiger partial charge < -0.3 is 25.4 Å². The highest BCUT2D eigenvalue weighted by molar-refractivity contribution is 5.99. The minimum Gasteiger partial charge on any atom is -0.504 e. The second-order valence-electron chi connectivity index (χ2n) is 4.67. The minimum absolute atomic E-state index is 0.0856. The number of phenolic OH excluding ortho intramolecular Hbond substituents is 1. The van der Waals surface area contributed by atoms with E-state index in [1.54, 1.807) is 17.0 Å². The van der Waals surface area contributed by atoms with E-state index in [-0.39, 0.29) is 29.5 Å². The SMILES string of the molecule is COc1cccc(C(=O)NCC(=O)N2CCNCC2)c1O. The number of benzene rings is 1. The lowest BCUT2D eigenvalue weighted by molar-refractivity contribution is -0.130. The highest BCUT2D eigenvalue weighted by Gasteiger charge is 2.19. The van der Waals surface area contributed by atoms with Crippen LogP contribution in [0.1, 0.15) is 10.4 Å². The third-order valence-electron chi connectivity index (χ3n) is 3.33. The van der Waals surface area contributed by atoms with Crippen LogP contribution < -0.4 is 15.4 Å². The van der Waals surface area contributed by atoms with Crippen LogP contribution in [0.2, 0.25) is 0 Å². The number of hydrogen-bond acceptors (Lipinski definition) is 5. The number of rotatable bonds is 4. The molecule has 7 nitrogen and oxygen atoms in total. The quantitative estimate of drug-likeness (QED) is 0.700. The van der Waals surface area contributed by atoms with Gasteiger partial charge in [0.1, 0.15) is 0 Å². The number of carbonyl (C=O) groups is 2. The number of piperazine rings is 1. The van der Waals surface area contributed by atoms with Crippen molar-refractivity contribution in [2.45, 2.75) is 0 Å². The van der Waals surface area contributed by atoms with Crippen LogP contribution in [-0.4, -0.2) is 61.7 Å². The number of para-hydroxylation sites is 1. The molecule has 21 heavy (non-hydrogen) atoms. The van der Waals surface area contributed by atoms with Crippen LogP contribution in [0.3, 0.4) is 0 Å². The summed E-state index contributed by atoms with van der Waals surface area (Å²) < 4.78 is 4.94. The van der Waals surface area contributed by atoms with E-state index in [1.807, 2.05) is 0 Å². The van der Waals surface area contributed by atoms with E-state index in [9.17, 15) is 14.7 Å². The van der Waals surface area contributed by atoms with Crippen molar-refractivity contribution in [3.05, 3.63) is 23.8 Å². The number of amides is 2. The van der Waals surface area contributed by atoms with Gasteiger partial charge in [0.05, 0.1) is 19.2 Å². The molecule has 2 rings (SSSR count). The second-order valence-corrected chi connectivity index (χ2v) is 4.67. The van der Waals surface area contributed by atoms with Gasteiger partial charge in [-0.05, 0) is 12.1 Å². The predicted molar refractivity (Wildman–Crippen MR) is 76.4 cm³/mol. The van der Waals surface area contributed by atoms with Crippen molar-refractivity contribution >= 4 is 11.8 Å². The second kappa shape index (κ2) is 6.94. The summed E-state index contributed by atoms with van der Waals surface area (Å²) in [5.41, 5.74) is 0.0856. The molecule has 1 aliphatic rings. The van der Waals surface area contributed by atoms with Gasteiger partial charge in [-0.3, -0.25) is 9.59 Å². The van der Waals surface area contributed by atoms with Gasteiger partial charge in [-0.25, -0.2) is 0 Å². The Morgan fingerprint density at radius 2 is 2.10 bits per heavy atom. The number of nitrogens with one attached hydrogen (secondary N) is 2. The van der Waals surface area contributed by atoms with Gasteiger partial charge >= 0.3 is 0 Å². The van der Waals surface area contributed by atoms with Crippen molar-refractivity contribution in [1.29, 1.82) is 0 Å². The van der Waals surface area contributed by atoms with E-state index >= 15 is 0 Å². The smallest absolute Gasteiger partial charge is 0.255 e. The van der Waals surface area contributed by atoms with Crippen molar-refractivity contribution < 1.29 is 19.4 Å². The van der Waals surface area contributed by atoms with Gasteiger partial charge in [0.2, 0.25) is 5.91 Å². The van der Waals surface area contributed by atoms with E-state index < -0.39 is 5.91 Å². The minimum atomic E-state index is -0.505. The summed E-state index contributed by atoms with van der Waals surface area (Å²) >= 11 is 0. The number of nitrogens with zero attached hydrogens (tertiary/aromatic N) is 1. The lowest BCUT2D eigenvalue weighted by Gasteiger charge is -2.27. The molecule has 2 amide bonds. The first-order valence-corrected chi connectivity index (χ1v) is 6.76. The molecule has 0 atom stereocenters. The number of ether oxygens (including phenoxy) is 1. The maximum absolute atomic E-state index is 12.0. The molecule has 0 radical (unpaired) electrons. The van der Waals surface area contributed by atoms with Crippen LogP contribution in [0.4, 0.5) is 0 Å². The van der Waals surface area contributed by atoms with Gasteiger partial charge in [0.15, 0.2) is 11.5 Å². The summed E-state index contributed by atoms with van der Waals surface area (Å²) in [6.07, 6.45) is 0. The van der Waals surface area contributed by atoms with Crippen LogP contribution in [-0.2, 0) is 4.79 Å². The Labute approximate surface area is 122 Å². The van der Waals surface area contributed by atoms with Crippen molar-refractivity contribution in [2.24, 2.45) is 0 Å². The standard InChI is InChI=1S/C14H19N3O4/c1-21-11-4-2-3-10(13(11)19)14(20)16-9-12(18)17-7-5-15-6-8-17/h2-4,15,19H,5-9H2,1H3,(H,16,20). The molecule has 1 saturated heterocycles. The molecule has 3 N–H and O–H groups in total. The van der Waals surface area contributed by atoms with Crippen molar-refractivity contribution in [3.63, 3.8) is 0 Å². The van der Waals surface area contributed by atoms with Gasteiger partial charge in [-0.2, -0.15) is 0 Å². The van der Waals surface area contributed by atoms with E-state index in [0.29, 0.717) is 13.1 Å². The van der Waals surface area contributed by atoms with Gasteiger partial charge in [-0.1, -0.05) is 6.07 Å². The van der Waals surface area contributed by atoms with Crippen LogP contribution >= 0.6 is 0 Å². The Morgan fingerprint density at radius 1 is 1.38 bits per heavy atom. The lowest BCUT2D eigenvalue weighted by Crippen LogP contribution is -2.49. The van der Waals surface area contributed by atoms with Crippen molar-refractivity contribution in [3.8, 4) is 11.5 Å². The first-order valence-electron chi connectivity index (χ1n) is 6.76. The molecule has 1 aliphatic heterocycles. The molecule has 0 spiro atoms. The maximum Gasteiger partial charge on any atom is 0.255 e. The molecule has 0 bridgehead atoms. The van der Waals surface area contributed by atoms with Crippen LogP contribution in [0.5, 0.6) is 11.5 Å². The number of carbonyl (C=O) groups excluding carboxylic acids is 2. The third kappa shape index (κ3) is 3.63. The van der Waals surface area contributed by atoms with Crippen LogP contribution in [0, 0.1) is 0 Å². The van der Waals surface area contributed by atoms with Gasteiger partial charge in [0, 0.05) is 26.2 Å². The number of phenols is 1. The largest absolute Gasteiger partial charge is 0.504 e. The molecular formula is C14H19N3O4. The van der Waals surface area contributed by atoms with E-state index in [2.05, 4.69) is 10.6 Å². The highest BCUT2D eigenvalue weighted by Crippen LogP contribution is 2.29. The molecule has 0 aliphatic carbocycles. The summed E-state index contributed by atoms with van der Waals surface area (Å²) in [5.74, 6) is -0.648. The Hall–Kier alpha value is -2.28. The fourth-order valence-corrected chi connectivity index (χ4v) is 2.15. The molecule has 114 valence electrons. The zero-order valence-electron chi connectivity index (χ0n) is 11.9. The molecular weight excluding hydrogens is 274 g/mol. The molecule has 1 heterocycles. The van der Waals surface area contributed by atoms with Gasteiger partial charge in [0.25, 0.3) is 5.91 Å². The zero-order valence-corrected chi connectivity index (χ0v) is 11.9. The Balaban J connectivity index is 1.94. The topological polar surface area (TPSA) is 90.9 Å². The average Bonchev–Trinajstić information content (AvgIpc) is 2.53. The summed E-state index contributed by atoms with van der Waals surface area (Å²) in [6, 6.07) is 4.63. The molecule has 7 heteroatoms. The summed E-state index contributed by atoms with van der Waals surface area (Å²) in [7, 11) is 1.41. The molecule has 0 aromatic heterocycles. The summed E-state index contributed by atoms with van der Waals surface area (Å²) in [6.45, 7) is 2.71. The van der Waals surface area contributed by atoms with Crippen molar-refractivity contribution in [2.75, 3.05) is 39.8 Å². The fourth-order valence-electron chi connectivity index (χ4n) is 2.15. The van der Waals surface area contributed by atoms with E-state index in [0.717, 1.165) is 13.1 Å². The lowest BCUT2D eigenvalue weighted by atomic mass is 10.1. The first-order chi connectivity index (χ1) is 10.1. The maximum atomic E-state index is 12.0. The van der Waals surface area contributed by atoms with Crippen molar-refractivity contribution in [1.82, 2.24) is 15.5 Å². The Bertz CT molecular complexity index is 527. The third-order valence-corrected chi connectivity index (χ3v) is 3.33. The van der Waals surface area contributed by atoms with Crippen LogP contribution in [0.15, 0.2) is 18.2 Å². The normalized spacial score (nSPS) is 14.6. The average molecular weight is 293 g/mol. The summed E-state index contributed by atoms with van der Waals surface area (Å²) in [4.78, 5) is 25.6. The summed E-state index contributed by atoms with van der Waals surface area (Å²) in [5, 5.41) is 15.6.